The summed E-state index contributed by atoms with van der Waals surface area (Å²) in [6.45, 7) is 2.04. The molecule has 0 fully saturated rings. The first-order chi connectivity index (χ1) is 11.2. The van der Waals surface area contributed by atoms with Gasteiger partial charge in [-0.25, -0.2) is 4.39 Å². The molecule has 23 heavy (non-hydrogen) atoms. The molecule has 0 bridgehead atoms. The highest BCUT2D eigenvalue weighted by atomic mass is 19.1. The van der Waals surface area contributed by atoms with E-state index in [9.17, 15) is 4.39 Å². The zero-order chi connectivity index (χ0) is 15.8. The van der Waals surface area contributed by atoms with E-state index in [1.807, 2.05) is 43.3 Å². The zero-order valence-electron chi connectivity index (χ0n) is 12.4. The Morgan fingerprint density at radius 2 is 1.87 bits per heavy atom. The van der Waals surface area contributed by atoms with Gasteiger partial charge in [0.15, 0.2) is 0 Å². The molecule has 0 spiro atoms. The van der Waals surface area contributed by atoms with Gasteiger partial charge in [0.2, 0.25) is 5.95 Å². The van der Waals surface area contributed by atoms with Gasteiger partial charge in [-0.05, 0) is 35.1 Å². The van der Waals surface area contributed by atoms with Crippen molar-refractivity contribution in [3.05, 3.63) is 77.1 Å². The fraction of sp³-hybridized carbons (Fsp3) is 0.118. The Kier molecular flexibility index (Phi) is 3.15. The van der Waals surface area contributed by atoms with Crippen molar-refractivity contribution in [3.63, 3.8) is 0 Å². The van der Waals surface area contributed by atoms with Crippen LogP contribution in [-0.4, -0.2) is 20.2 Å². The minimum Gasteiger partial charge on any atom is -0.323 e. The quantitative estimate of drug-likeness (QED) is 0.790. The fourth-order valence-electron chi connectivity index (χ4n) is 2.69. The zero-order valence-corrected chi connectivity index (χ0v) is 12.4. The maximum Gasteiger partial charge on any atom is 0.248 e. The van der Waals surface area contributed by atoms with E-state index in [1.165, 1.54) is 11.6 Å². The molecule has 5 nitrogen and oxygen atoms in total. The third-order valence-electron chi connectivity index (χ3n) is 3.91. The van der Waals surface area contributed by atoms with Crippen LogP contribution in [0.2, 0.25) is 0 Å². The van der Waals surface area contributed by atoms with E-state index >= 15 is 0 Å². The minimum absolute atomic E-state index is 0.277. The van der Waals surface area contributed by atoms with Crippen LogP contribution in [0, 0.1) is 12.7 Å². The lowest BCUT2D eigenvalue weighted by molar-refractivity contribution is 0.540. The first-order valence-electron chi connectivity index (χ1n) is 7.30. The number of anilines is 1. The summed E-state index contributed by atoms with van der Waals surface area (Å²) >= 11 is 0. The molecule has 0 radical (unpaired) electrons. The number of nitrogens with one attached hydrogen (secondary N) is 1. The molecule has 114 valence electrons. The number of hydrogen-bond acceptors (Lipinski definition) is 4. The van der Waals surface area contributed by atoms with Gasteiger partial charge in [-0.2, -0.15) is 4.68 Å². The van der Waals surface area contributed by atoms with Crippen LogP contribution >= 0.6 is 0 Å². The molecule has 3 aromatic rings. The molecule has 0 saturated carbocycles. The summed E-state index contributed by atoms with van der Waals surface area (Å²) in [5.74, 6) is 0.219. The Balaban J connectivity index is 1.83. The van der Waals surface area contributed by atoms with Crippen molar-refractivity contribution in [1.82, 2.24) is 20.2 Å². The molecule has 0 amide bonds. The summed E-state index contributed by atoms with van der Waals surface area (Å²) in [6.07, 6.45) is 1.94. The molecular weight excluding hydrogens is 293 g/mol. The fourth-order valence-corrected chi connectivity index (χ4v) is 2.69. The van der Waals surface area contributed by atoms with Crippen molar-refractivity contribution in [2.75, 3.05) is 5.32 Å². The number of hydrogen-bond donors (Lipinski definition) is 1. The van der Waals surface area contributed by atoms with E-state index < -0.39 is 6.04 Å². The average molecular weight is 307 g/mol. The van der Waals surface area contributed by atoms with Crippen LogP contribution in [0.1, 0.15) is 22.7 Å². The van der Waals surface area contributed by atoms with E-state index in [0.29, 0.717) is 11.5 Å². The molecule has 1 N–H and O–H groups in total. The maximum atomic E-state index is 14.2. The molecule has 2 aromatic carbocycles. The number of fused-ring (bicyclic) bond motifs is 1. The summed E-state index contributed by atoms with van der Waals surface area (Å²) in [6, 6.07) is 14.4. The summed E-state index contributed by atoms with van der Waals surface area (Å²) in [5, 5.41) is 14.9. The minimum atomic E-state index is -0.390. The largest absolute Gasteiger partial charge is 0.323 e. The number of nitrogens with zero attached hydrogens (tertiary/aromatic N) is 4. The lowest BCUT2D eigenvalue weighted by Gasteiger charge is -2.23. The summed E-state index contributed by atoms with van der Waals surface area (Å²) in [5.41, 5.74) is 3.58. The van der Waals surface area contributed by atoms with Gasteiger partial charge >= 0.3 is 0 Å². The molecule has 1 aromatic heterocycles. The highest BCUT2D eigenvalue weighted by molar-refractivity contribution is 5.77. The summed E-state index contributed by atoms with van der Waals surface area (Å²) in [4.78, 5) is 0. The van der Waals surface area contributed by atoms with E-state index in [-0.39, 0.29) is 5.82 Å². The van der Waals surface area contributed by atoms with Gasteiger partial charge in [-0.1, -0.05) is 53.1 Å². The molecule has 0 aliphatic carbocycles. The van der Waals surface area contributed by atoms with Crippen LogP contribution in [0.25, 0.3) is 5.70 Å². The van der Waals surface area contributed by atoms with Crippen LogP contribution in [0.3, 0.4) is 0 Å². The number of tetrazole rings is 1. The Labute approximate surface area is 132 Å². The molecule has 2 heterocycles. The van der Waals surface area contributed by atoms with Crippen molar-refractivity contribution < 1.29 is 4.39 Å². The SMILES string of the molecule is Cc1ccc(C2=C[C@H](c3ccccc3F)n3nnnc3N2)cc1. The highest BCUT2D eigenvalue weighted by Gasteiger charge is 2.26. The Bertz CT molecular complexity index is 882. The van der Waals surface area contributed by atoms with Crippen LogP contribution in [-0.2, 0) is 0 Å². The summed E-state index contributed by atoms with van der Waals surface area (Å²) in [7, 11) is 0. The van der Waals surface area contributed by atoms with Gasteiger partial charge in [0, 0.05) is 11.3 Å². The monoisotopic (exact) mass is 307 g/mol. The Hall–Kier alpha value is -3.02. The lowest BCUT2D eigenvalue weighted by atomic mass is 10.0. The molecule has 1 aliphatic rings. The molecule has 0 unspecified atom stereocenters. The molecule has 6 heteroatoms. The number of allylic oxidation sites excluding steroid dienone is 1. The van der Waals surface area contributed by atoms with Crippen molar-refractivity contribution >= 4 is 11.6 Å². The Morgan fingerprint density at radius 1 is 1.09 bits per heavy atom. The molecule has 4 rings (SSSR count). The van der Waals surface area contributed by atoms with Crippen LogP contribution in [0.4, 0.5) is 10.3 Å². The second-order valence-corrected chi connectivity index (χ2v) is 5.48. The average Bonchev–Trinajstić information content (AvgIpc) is 3.04. The molecule has 1 atom stereocenters. The van der Waals surface area contributed by atoms with Crippen LogP contribution in [0.5, 0.6) is 0 Å². The third kappa shape index (κ3) is 2.38. The number of aryl methyl sites for hydroxylation is 1. The van der Waals surface area contributed by atoms with Crippen molar-refractivity contribution in [3.8, 4) is 0 Å². The van der Waals surface area contributed by atoms with Crippen LogP contribution < -0.4 is 5.32 Å². The van der Waals surface area contributed by atoms with Gasteiger partial charge in [0.25, 0.3) is 0 Å². The second kappa shape index (κ2) is 5.31. The van der Waals surface area contributed by atoms with E-state index in [2.05, 4.69) is 20.8 Å². The van der Waals surface area contributed by atoms with Crippen molar-refractivity contribution in [1.29, 1.82) is 0 Å². The number of benzene rings is 2. The molecule has 0 saturated heterocycles. The third-order valence-corrected chi connectivity index (χ3v) is 3.91. The predicted octanol–water partition coefficient (Wildman–Crippen LogP) is 3.18. The van der Waals surface area contributed by atoms with Gasteiger partial charge in [0.05, 0.1) is 0 Å². The van der Waals surface area contributed by atoms with E-state index in [4.69, 9.17) is 0 Å². The van der Waals surface area contributed by atoms with E-state index in [1.54, 1.807) is 16.8 Å². The smallest absolute Gasteiger partial charge is 0.248 e. The Morgan fingerprint density at radius 3 is 2.65 bits per heavy atom. The predicted molar refractivity (Wildman–Crippen MR) is 85.1 cm³/mol. The first-order valence-corrected chi connectivity index (χ1v) is 7.30. The van der Waals surface area contributed by atoms with Gasteiger partial charge in [0.1, 0.15) is 11.9 Å². The molecule has 1 aliphatic heterocycles. The van der Waals surface area contributed by atoms with Gasteiger partial charge < -0.3 is 5.32 Å². The highest BCUT2D eigenvalue weighted by Crippen LogP contribution is 2.32. The summed E-state index contributed by atoms with van der Waals surface area (Å²) < 4.78 is 15.8. The number of rotatable bonds is 2. The van der Waals surface area contributed by atoms with Crippen LogP contribution in [0.15, 0.2) is 54.6 Å². The normalized spacial score (nSPS) is 16.4. The van der Waals surface area contributed by atoms with Crippen molar-refractivity contribution in [2.24, 2.45) is 0 Å². The number of aromatic nitrogens is 4. The second-order valence-electron chi connectivity index (χ2n) is 5.48. The van der Waals surface area contributed by atoms with Gasteiger partial charge in [-0.3, -0.25) is 0 Å². The lowest BCUT2D eigenvalue weighted by Crippen LogP contribution is -2.21. The standard InChI is InChI=1S/C17H14FN5/c1-11-6-8-12(9-7-11)15-10-16(13-4-2-3-5-14(13)18)23-17(19-15)20-21-22-23/h2-10,16H,1H3,(H,19,20,22)/t16-/m1/s1. The van der Waals surface area contributed by atoms with E-state index in [0.717, 1.165) is 11.3 Å². The maximum absolute atomic E-state index is 14.2. The van der Waals surface area contributed by atoms with Crippen molar-refractivity contribution in [2.45, 2.75) is 13.0 Å². The first kappa shape index (κ1) is 13.6. The topological polar surface area (TPSA) is 55.6 Å². The number of halogens is 1. The molecular formula is C17H14FN5. The van der Waals surface area contributed by atoms with Gasteiger partial charge in [-0.15, -0.1) is 0 Å².